The predicted molar refractivity (Wildman–Crippen MR) is 67.6 cm³/mol. The van der Waals surface area contributed by atoms with Crippen molar-refractivity contribution in [1.82, 2.24) is 4.98 Å². The monoisotopic (exact) mass is 251 g/mol. The molecular formula is C12H17N3O3. The number of pyridine rings is 1. The maximum absolute atomic E-state index is 10.6. The zero-order valence-corrected chi connectivity index (χ0v) is 10.2. The van der Waals surface area contributed by atoms with Crippen LogP contribution in [0.3, 0.4) is 0 Å². The third kappa shape index (κ3) is 2.76. The average Bonchev–Trinajstić information content (AvgIpc) is 2.40. The van der Waals surface area contributed by atoms with Crippen LogP contribution in [0.15, 0.2) is 18.3 Å². The summed E-state index contributed by atoms with van der Waals surface area (Å²) in [6, 6.07) is 3.46. The average molecular weight is 251 g/mol. The molecule has 0 spiro atoms. The molecule has 1 fully saturated rings. The standard InChI is InChI=1S/C12H17N3O3/c16-8-6-10-3-1-2-7-14(10)12-5-4-11(9-13-12)15(17)18/h4-5,9-10,16H,1-3,6-8H2. The summed E-state index contributed by atoms with van der Waals surface area (Å²) in [5.41, 5.74) is 0.00877. The van der Waals surface area contributed by atoms with E-state index in [1.165, 1.54) is 12.3 Å². The summed E-state index contributed by atoms with van der Waals surface area (Å²) in [7, 11) is 0. The number of rotatable bonds is 4. The van der Waals surface area contributed by atoms with Crippen molar-refractivity contribution in [3.8, 4) is 0 Å². The molecule has 1 N–H and O–H groups in total. The van der Waals surface area contributed by atoms with Gasteiger partial charge in [-0.15, -0.1) is 0 Å². The first-order valence-corrected chi connectivity index (χ1v) is 6.20. The Hall–Kier alpha value is -1.69. The van der Waals surface area contributed by atoms with Crippen molar-refractivity contribution in [3.63, 3.8) is 0 Å². The number of aliphatic hydroxyl groups is 1. The Morgan fingerprint density at radius 1 is 1.50 bits per heavy atom. The van der Waals surface area contributed by atoms with E-state index >= 15 is 0 Å². The highest BCUT2D eigenvalue weighted by Crippen LogP contribution is 2.25. The van der Waals surface area contributed by atoms with Gasteiger partial charge < -0.3 is 10.0 Å². The van der Waals surface area contributed by atoms with Gasteiger partial charge in [0.25, 0.3) is 5.69 Å². The lowest BCUT2D eigenvalue weighted by atomic mass is 9.99. The van der Waals surface area contributed by atoms with Crippen LogP contribution < -0.4 is 4.90 Å². The second-order valence-corrected chi connectivity index (χ2v) is 4.49. The van der Waals surface area contributed by atoms with Crippen LogP contribution in [0.2, 0.25) is 0 Å². The molecule has 18 heavy (non-hydrogen) atoms. The van der Waals surface area contributed by atoms with Crippen LogP contribution in [0, 0.1) is 10.1 Å². The number of hydrogen-bond acceptors (Lipinski definition) is 5. The summed E-state index contributed by atoms with van der Waals surface area (Å²) in [5.74, 6) is 0.763. The lowest BCUT2D eigenvalue weighted by molar-refractivity contribution is -0.385. The SMILES string of the molecule is O=[N+]([O-])c1ccc(N2CCCCC2CCO)nc1. The van der Waals surface area contributed by atoms with Gasteiger partial charge in [-0.05, 0) is 31.7 Å². The number of anilines is 1. The van der Waals surface area contributed by atoms with E-state index in [0.717, 1.165) is 38.0 Å². The normalized spacial score (nSPS) is 19.8. The van der Waals surface area contributed by atoms with Crippen molar-refractivity contribution in [2.24, 2.45) is 0 Å². The minimum Gasteiger partial charge on any atom is -0.396 e. The van der Waals surface area contributed by atoms with E-state index in [2.05, 4.69) is 9.88 Å². The van der Waals surface area contributed by atoms with Gasteiger partial charge in [0, 0.05) is 25.3 Å². The molecule has 1 aliphatic heterocycles. The topological polar surface area (TPSA) is 79.5 Å². The quantitative estimate of drug-likeness (QED) is 0.651. The molecule has 1 atom stereocenters. The van der Waals surface area contributed by atoms with E-state index in [1.54, 1.807) is 6.07 Å². The van der Waals surface area contributed by atoms with Gasteiger partial charge in [0.2, 0.25) is 0 Å². The zero-order chi connectivity index (χ0) is 13.0. The minimum absolute atomic E-state index is 0.00877. The molecule has 2 heterocycles. The molecule has 6 heteroatoms. The highest BCUT2D eigenvalue weighted by atomic mass is 16.6. The third-order valence-electron chi connectivity index (χ3n) is 3.33. The van der Waals surface area contributed by atoms with Crippen LogP contribution in [0.4, 0.5) is 11.5 Å². The van der Waals surface area contributed by atoms with E-state index < -0.39 is 4.92 Å². The van der Waals surface area contributed by atoms with Gasteiger partial charge in [-0.25, -0.2) is 4.98 Å². The summed E-state index contributed by atoms with van der Waals surface area (Å²) >= 11 is 0. The number of aliphatic hydroxyl groups excluding tert-OH is 1. The first-order chi connectivity index (χ1) is 8.72. The molecule has 0 saturated carbocycles. The highest BCUT2D eigenvalue weighted by Gasteiger charge is 2.23. The van der Waals surface area contributed by atoms with Gasteiger partial charge in [0.05, 0.1) is 4.92 Å². The molecule has 1 aromatic rings. The van der Waals surface area contributed by atoms with Gasteiger partial charge in [0.15, 0.2) is 0 Å². The van der Waals surface area contributed by atoms with E-state index in [0.29, 0.717) is 0 Å². The molecule has 1 unspecified atom stereocenters. The van der Waals surface area contributed by atoms with Gasteiger partial charge >= 0.3 is 0 Å². The van der Waals surface area contributed by atoms with Crippen LogP contribution in [-0.2, 0) is 0 Å². The van der Waals surface area contributed by atoms with Crippen molar-refractivity contribution in [2.75, 3.05) is 18.1 Å². The number of hydrogen-bond donors (Lipinski definition) is 1. The van der Waals surface area contributed by atoms with Crippen molar-refractivity contribution < 1.29 is 10.0 Å². The van der Waals surface area contributed by atoms with Crippen LogP contribution in [0.1, 0.15) is 25.7 Å². The maximum atomic E-state index is 10.6. The Morgan fingerprint density at radius 2 is 2.33 bits per heavy atom. The van der Waals surface area contributed by atoms with Crippen molar-refractivity contribution in [2.45, 2.75) is 31.7 Å². The predicted octanol–water partition coefficient (Wildman–Crippen LogP) is 1.73. The van der Waals surface area contributed by atoms with Gasteiger partial charge in [-0.2, -0.15) is 0 Å². The van der Waals surface area contributed by atoms with Crippen molar-refractivity contribution in [3.05, 3.63) is 28.4 Å². The number of nitro groups is 1. The van der Waals surface area contributed by atoms with Gasteiger partial charge in [-0.3, -0.25) is 10.1 Å². The van der Waals surface area contributed by atoms with Crippen LogP contribution >= 0.6 is 0 Å². The molecule has 1 saturated heterocycles. The summed E-state index contributed by atoms with van der Waals surface area (Å²) in [6.07, 6.45) is 5.31. The molecule has 0 bridgehead atoms. The van der Waals surface area contributed by atoms with Crippen molar-refractivity contribution >= 4 is 11.5 Å². The molecule has 0 amide bonds. The number of nitrogens with zero attached hydrogens (tertiary/aromatic N) is 3. The fourth-order valence-electron chi connectivity index (χ4n) is 2.41. The maximum Gasteiger partial charge on any atom is 0.287 e. The first kappa shape index (κ1) is 12.8. The van der Waals surface area contributed by atoms with E-state index in [9.17, 15) is 10.1 Å². The second-order valence-electron chi connectivity index (χ2n) is 4.49. The zero-order valence-electron chi connectivity index (χ0n) is 10.2. The lowest BCUT2D eigenvalue weighted by Gasteiger charge is -2.36. The van der Waals surface area contributed by atoms with E-state index in [4.69, 9.17) is 5.11 Å². The van der Waals surface area contributed by atoms with Crippen LogP contribution in [-0.4, -0.2) is 34.2 Å². The Morgan fingerprint density at radius 3 is 2.94 bits per heavy atom. The third-order valence-corrected chi connectivity index (χ3v) is 3.33. The highest BCUT2D eigenvalue weighted by molar-refractivity contribution is 5.44. The molecule has 0 radical (unpaired) electrons. The molecule has 2 rings (SSSR count). The Labute approximate surface area is 105 Å². The lowest BCUT2D eigenvalue weighted by Crippen LogP contribution is -2.40. The first-order valence-electron chi connectivity index (χ1n) is 6.20. The molecule has 0 aliphatic carbocycles. The summed E-state index contributed by atoms with van der Waals surface area (Å²) in [6.45, 7) is 1.06. The summed E-state index contributed by atoms with van der Waals surface area (Å²) in [4.78, 5) is 16.4. The molecule has 6 nitrogen and oxygen atoms in total. The molecule has 98 valence electrons. The Balaban J connectivity index is 2.15. The summed E-state index contributed by atoms with van der Waals surface area (Å²) < 4.78 is 0. The summed E-state index contributed by atoms with van der Waals surface area (Å²) in [5, 5.41) is 19.6. The molecule has 0 aromatic carbocycles. The van der Waals surface area contributed by atoms with Gasteiger partial charge in [-0.1, -0.05) is 0 Å². The van der Waals surface area contributed by atoms with Crippen molar-refractivity contribution in [1.29, 1.82) is 0 Å². The smallest absolute Gasteiger partial charge is 0.287 e. The van der Waals surface area contributed by atoms with E-state index in [1.807, 2.05) is 0 Å². The molecule has 1 aromatic heterocycles. The van der Waals surface area contributed by atoms with Crippen LogP contribution in [0.25, 0.3) is 0 Å². The Bertz CT molecular complexity index is 406. The fraction of sp³-hybridized carbons (Fsp3) is 0.583. The molecule has 1 aliphatic rings. The number of piperidine rings is 1. The largest absolute Gasteiger partial charge is 0.396 e. The number of aromatic nitrogens is 1. The van der Waals surface area contributed by atoms with Crippen LogP contribution in [0.5, 0.6) is 0 Å². The fourth-order valence-corrected chi connectivity index (χ4v) is 2.41. The van der Waals surface area contributed by atoms with E-state index in [-0.39, 0.29) is 18.3 Å². The minimum atomic E-state index is -0.446. The second kappa shape index (κ2) is 5.77. The van der Waals surface area contributed by atoms with Gasteiger partial charge in [0.1, 0.15) is 12.0 Å². The molecular weight excluding hydrogens is 234 g/mol. The Kier molecular flexibility index (Phi) is 4.09.